The number of fused-ring (bicyclic) bond motifs is 13. The average Bonchev–Trinajstić information content (AvgIpc) is 3.47. The van der Waals surface area contributed by atoms with Crippen molar-refractivity contribution in [3.8, 4) is 22.4 Å². The second kappa shape index (κ2) is 5.35. The molecule has 0 spiro atoms. The Morgan fingerprint density at radius 3 is 2.65 bits per heavy atom. The van der Waals surface area contributed by atoms with Gasteiger partial charge in [-0.05, 0) is 64.6 Å². The number of benzene rings is 2. The molecule has 0 N–H and O–H groups in total. The number of hydrogen-bond acceptors (Lipinski definition) is 3. The Kier molecular flexibility index (Phi) is 2.72. The Bertz CT molecular complexity index is 1740. The van der Waals surface area contributed by atoms with Crippen LogP contribution in [0.1, 0.15) is 22.4 Å². The number of hydrogen-bond donors (Lipinski definition) is 0. The van der Waals surface area contributed by atoms with Gasteiger partial charge in [0.25, 0.3) is 0 Å². The Morgan fingerprint density at radius 1 is 0.742 bits per heavy atom. The molecule has 4 heterocycles. The van der Waals surface area contributed by atoms with Crippen molar-refractivity contribution in [1.82, 2.24) is 19.4 Å². The third-order valence-corrected chi connectivity index (χ3v) is 6.92. The van der Waals surface area contributed by atoms with Crippen molar-refractivity contribution in [1.29, 1.82) is 0 Å². The molecule has 0 radical (unpaired) electrons. The Hall–Kier alpha value is -4.05. The average molecular weight is 396 g/mol. The molecule has 6 aromatic rings. The molecule has 0 amide bonds. The first-order chi connectivity index (χ1) is 15.4. The zero-order chi connectivity index (χ0) is 20.1. The molecule has 31 heavy (non-hydrogen) atoms. The third-order valence-electron chi connectivity index (χ3n) is 6.92. The van der Waals surface area contributed by atoms with E-state index in [1.807, 2.05) is 24.7 Å². The molecule has 0 saturated heterocycles. The van der Waals surface area contributed by atoms with Crippen LogP contribution in [0.4, 0.5) is 0 Å². The second-order valence-electron chi connectivity index (χ2n) is 8.54. The smallest absolute Gasteiger partial charge is 0.147 e. The SMILES string of the molecule is c1ccc2c(c1)Cc1cc3c(cc1-2)Cc1nc2c4cccnc4c4ccncc4n2c1-3. The van der Waals surface area contributed by atoms with E-state index in [4.69, 9.17) is 4.98 Å². The number of aromatic nitrogens is 4. The fourth-order valence-electron chi connectivity index (χ4n) is 5.62. The van der Waals surface area contributed by atoms with E-state index in [9.17, 15) is 0 Å². The Morgan fingerprint density at radius 2 is 1.65 bits per heavy atom. The number of rotatable bonds is 0. The summed E-state index contributed by atoms with van der Waals surface area (Å²) in [7, 11) is 0. The minimum atomic E-state index is 0.866. The minimum Gasteiger partial charge on any atom is -0.290 e. The number of imidazole rings is 1. The highest BCUT2D eigenvalue weighted by molar-refractivity contribution is 6.10. The highest BCUT2D eigenvalue weighted by Gasteiger charge is 2.30. The largest absolute Gasteiger partial charge is 0.290 e. The third kappa shape index (κ3) is 1.88. The van der Waals surface area contributed by atoms with Gasteiger partial charge in [0.1, 0.15) is 5.65 Å². The van der Waals surface area contributed by atoms with Crippen LogP contribution in [0.15, 0.2) is 73.2 Å². The predicted octanol–water partition coefficient (Wildman–Crippen LogP) is 5.57. The quantitative estimate of drug-likeness (QED) is 0.315. The summed E-state index contributed by atoms with van der Waals surface area (Å²) in [6.45, 7) is 0. The normalized spacial score (nSPS) is 13.5. The van der Waals surface area contributed by atoms with Gasteiger partial charge in [-0.2, -0.15) is 0 Å². The van der Waals surface area contributed by atoms with Gasteiger partial charge >= 0.3 is 0 Å². The lowest BCUT2D eigenvalue weighted by atomic mass is 9.99. The first-order valence-corrected chi connectivity index (χ1v) is 10.6. The van der Waals surface area contributed by atoms with Gasteiger partial charge in [0.05, 0.1) is 28.6 Å². The topological polar surface area (TPSA) is 43.1 Å². The summed E-state index contributed by atoms with van der Waals surface area (Å²) in [5.41, 5.74) is 13.7. The Balaban J connectivity index is 1.49. The summed E-state index contributed by atoms with van der Waals surface area (Å²) in [5, 5.41) is 2.20. The van der Waals surface area contributed by atoms with Gasteiger partial charge < -0.3 is 0 Å². The van der Waals surface area contributed by atoms with Crippen molar-refractivity contribution in [3.05, 3.63) is 95.6 Å². The zero-order valence-corrected chi connectivity index (χ0v) is 16.6. The van der Waals surface area contributed by atoms with Crippen molar-refractivity contribution in [2.45, 2.75) is 12.8 Å². The van der Waals surface area contributed by atoms with E-state index in [0.29, 0.717) is 0 Å². The number of nitrogens with zero attached hydrogens (tertiary/aromatic N) is 4. The summed E-state index contributed by atoms with van der Waals surface area (Å²) >= 11 is 0. The molecule has 0 unspecified atom stereocenters. The van der Waals surface area contributed by atoms with Crippen molar-refractivity contribution >= 4 is 27.5 Å². The maximum atomic E-state index is 5.13. The molecule has 2 aliphatic rings. The van der Waals surface area contributed by atoms with E-state index >= 15 is 0 Å². The standard InChI is InChI=1S/C27H16N4/c1-2-5-18-15(4-1)10-16-12-22-17(11-21(16)18)13-23-26(22)31-24-14-28-9-7-19(24)25-20(27(31)30-23)6-3-8-29-25/h1-9,11-12,14H,10,13H2. The summed E-state index contributed by atoms with van der Waals surface area (Å²) in [6, 6.07) is 19.7. The summed E-state index contributed by atoms with van der Waals surface area (Å²) in [6.07, 6.45) is 7.51. The maximum Gasteiger partial charge on any atom is 0.147 e. The van der Waals surface area contributed by atoms with Crippen LogP contribution in [0.2, 0.25) is 0 Å². The van der Waals surface area contributed by atoms with Crippen LogP contribution in [0.3, 0.4) is 0 Å². The summed E-state index contributed by atoms with van der Waals surface area (Å²) < 4.78 is 2.31. The monoisotopic (exact) mass is 396 g/mol. The summed E-state index contributed by atoms with van der Waals surface area (Å²) in [5.74, 6) is 0. The molecule has 0 aliphatic heterocycles. The zero-order valence-electron chi connectivity index (χ0n) is 16.6. The first-order valence-electron chi connectivity index (χ1n) is 10.6. The van der Waals surface area contributed by atoms with E-state index < -0.39 is 0 Å². The lowest BCUT2D eigenvalue weighted by Crippen LogP contribution is -1.96. The van der Waals surface area contributed by atoms with Crippen molar-refractivity contribution in [3.63, 3.8) is 0 Å². The molecular formula is C27H16N4. The molecule has 2 aromatic carbocycles. The van der Waals surface area contributed by atoms with Crippen molar-refractivity contribution in [2.24, 2.45) is 0 Å². The first kappa shape index (κ1) is 15.7. The molecule has 0 atom stereocenters. The molecule has 2 aliphatic carbocycles. The molecule has 0 saturated carbocycles. The van der Waals surface area contributed by atoms with Gasteiger partial charge in [0.15, 0.2) is 0 Å². The van der Waals surface area contributed by atoms with E-state index in [0.717, 1.165) is 46.0 Å². The minimum absolute atomic E-state index is 0.866. The fraction of sp³-hybridized carbons (Fsp3) is 0.0741. The van der Waals surface area contributed by atoms with Gasteiger partial charge in [-0.25, -0.2) is 4.98 Å². The second-order valence-corrected chi connectivity index (χ2v) is 8.54. The van der Waals surface area contributed by atoms with Crippen LogP contribution in [-0.2, 0) is 12.8 Å². The summed E-state index contributed by atoms with van der Waals surface area (Å²) in [4.78, 5) is 14.2. The number of pyridine rings is 3. The van der Waals surface area contributed by atoms with E-state index in [-0.39, 0.29) is 0 Å². The highest BCUT2D eigenvalue weighted by Crippen LogP contribution is 2.46. The van der Waals surface area contributed by atoms with E-state index in [2.05, 4.69) is 62.9 Å². The van der Waals surface area contributed by atoms with Crippen LogP contribution in [0.25, 0.3) is 49.8 Å². The van der Waals surface area contributed by atoms with Crippen LogP contribution in [0, 0.1) is 0 Å². The van der Waals surface area contributed by atoms with Gasteiger partial charge in [-0.3, -0.25) is 14.4 Å². The molecule has 0 fully saturated rings. The van der Waals surface area contributed by atoms with Crippen molar-refractivity contribution < 1.29 is 0 Å². The molecule has 4 aromatic heterocycles. The van der Waals surface area contributed by atoms with Crippen LogP contribution in [-0.4, -0.2) is 19.4 Å². The van der Waals surface area contributed by atoms with Gasteiger partial charge in [-0.15, -0.1) is 0 Å². The Labute approximate surface area is 177 Å². The van der Waals surface area contributed by atoms with Gasteiger partial charge in [0.2, 0.25) is 0 Å². The lowest BCUT2D eigenvalue weighted by molar-refractivity contribution is 1.16. The predicted molar refractivity (Wildman–Crippen MR) is 122 cm³/mol. The molecular weight excluding hydrogens is 380 g/mol. The molecule has 8 rings (SSSR count). The van der Waals surface area contributed by atoms with E-state index in [1.165, 1.54) is 39.1 Å². The van der Waals surface area contributed by atoms with Gasteiger partial charge in [0, 0.05) is 35.2 Å². The van der Waals surface area contributed by atoms with Crippen molar-refractivity contribution in [2.75, 3.05) is 0 Å². The molecule has 144 valence electrons. The highest BCUT2D eigenvalue weighted by atomic mass is 15.0. The van der Waals surface area contributed by atoms with Crippen LogP contribution < -0.4 is 0 Å². The van der Waals surface area contributed by atoms with Gasteiger partial charge in [-0.1, -0.05) is 24.3 Å². The lowest BCUT2D eigenvalue weighted by Gasteiger charge is -2.11. The van der Waals surface area contributed by atoms with Crippen LogP contribution >= 0.6 is 0 Å². The fourth-order valence-corrected chi connectivity index (χ4v) is 5.62. The van der Waals surface area contributed by atoms with E-state index in [1.54, 1.807) is 0 Å². The molecule has 0 bridgehead atoms. The molecule has 4 heteroatoms. The maximum absolute atomic E-state index is 5.13. The molecule has 4 nitrogen and oxygen atoms in total. The van der Waals surface area contributed by atoms with Crippen LogP contribution in [0.5, 0.6) is 0 Å².